The first-order chi connectivity index (χ1) is 18.9. The van der Waals surface area contributed by atoms with Crippen molar-refractivity contribution in [2.45, 2.75) is 24.7 Å². The Kier molecular flexibility index (Phi) is 6.75. The van der Waals surface area contributed by atoms with Crippen molar-refractivity contribution in [2.75, 3.05) is 5.75 Å². The molecular weight excluding hydrogens is 558 g/mol. The fourth-order valence-corrected chi connectivity index (χ4v) is 4.94. The number of halogens is 4. The molecule has 5 aromatic rings. The molecular formula is C24H19F4N7O4S. The summed E-state index contributed by atoms with van der Waals surface area (Å²) in [6.45, 7) is 1.09. The number of carbonyl (C=O) groups is 1. The van der Waals surface area contributed by atoms with Crippen molar-refractivity contribution in [2.24, 2.45) is 7.05 Å². The first kappa shape index (κ1) is 27.1. The number of pyridine rings is 1. The van der Waals surface area contributed by atoms with E-state index >= 15 is 0 Å². The highest BCUT2D eigenvalue weighted by molar-refractivity contribution is 7.91. The number of rotatable bonds is 7. The third kappa shape index (κ3) is 4.75. The summed E-state index contributed by atoms with van der Waals surface area (Å²) in [7, 11) is -2.58. The van der Waals surface area contributed by atoms with E-state index in [1.807, 2.05) is 0 Å². The highest BCUT2D eigenvalue weighted by Gasteiger charge is 2.34. The minimum absolute atomic E-state index is 0.0565. The van der Waals surface area contributed by atoms with Crippen LogP contribution < -0.4 is 5.48 Å². The molecule has 5 rings (SSSR count). The Balaban J connectivity index is 1.61. The lowest BCUT2D eigenvalue weighted by molar-refractivity contribution is -0.141. The predicted octanol–water partition coefficient (Wildman–Crippen LogP) is 3.49. The number of nitrogens with one attached hydrogen (secondary N) is 1. The molecule has 16 heteroatoms. The van der Waals surface area contributed by atoms with Gasteiger partial charge in [0.1, 0.15) is 35.2 Å². The Labute approximate surface area is 223 Å². The first-order valence-corrected chi connectivity index (χ1v) is 13.2. The quantitative estimate of drug-likeness (QED) is 0.230. The fourth-order valence-electron chi connectivity index (χ4n) is 3.96. The Bertz CT molecular complexity index is 1880. The zero-order valence-electron chi connectivity index (χ0n) is 20.8. The molecule has 11 nitrogen and oxygen atoms in total. The predicted molar refractivity (Wildman–Crippen MR) is 132 cm³/mol. The Morgan fingerprint density at radius 1 is 1.15 bits per heavy atom. The number of fused-ring (bicyclic) bond motifs is 2. The van der Waals surface area contributed by atoms with E-state index in [1.165, 1.54) is 49.0 Å². The van der Waals surface area contributed by atoms with Gasteiger partial charge >= 0.3 is 6.18 Å². The topological polar surface area (TPSA) is 133 Å². The molecule has 0 saturated heterocycles. The molecule has 1 aromatic carbocycles. The number of amides is 1. The minimum atomic E-state index is -4.72. The van der Waals surface area contributed by atoms with Gasteiger partial charge in [-0.15, -0.1) is 0 Å². The summed E-state index contributed by atoms with van der Waals surface area (Å²) in [6, 6.07) is 7.80. The molecule has 0 bridgehead atoms. The maximum atomic E-state index is 13.8. The van der Waals surface area contributed by atoms with Crippen molar-refractivity contribution in [3.05, 3.63) is 71.6 Å². The second kappa shape index (κ2) is 9.95. The van der Waals surface area contributed by atoms with E-state index in [-0.39, 0.29) is 51.7 Å². The third-order valence-electron chi connectivity index (χ3n) is 6.03. The summed E-state index contributed by atoms with van der Waals surface area (Å²) in [5.74, 6) is -1.81. The van der Waals surface area contributed by atoms with Crippen molar-refractivity contribution in [1.29, 1.82) is 0 Å². The summed E-state index contributed by atoms with van der Waals surface area (Å²) < 4.78 is 82.0. The number of hydrogen-bond donors (Lipinski definition) is 1. The summed E-state index contributed by atoms with van der Waals surface area (Å²) in [4.78, 5) is 30.0. The second-order valence-corrected chi connectivity index (χ2v) is 10.7. The number of carbonyl (C=O) groups excluding carboxylic acids is 1. The van der Waals surface area contributed by atoms with Gasteiger partial charge in [-0.05, 0) is 18.2 Å². The van der Waals surface area contributed by atoms with Gasteiger partial charge in [0.15, 0.2) is 20.5 Å². The molecule has 40 heavy (non-hydrogen) atoms. The van der Waals surface area contributed by atoms with Gasteiger partial charge in [-0.3, -0.25) is 9.63 Å². The molecule has 0 fully saturated rings. The molecule has 0 atom stereocenters. The van der Waals surface area contributed by atoms with Gasteiger partial charge in [-0.25, -0.2) is 37.8 Å². The molecule has 0 aliphatic rings. The normalized spacial score (nSPS) is 12.3. The fraction of sp³-hybridized carbons (Fsp3) is 0.208. The number of alkyl halides is 3. The molecule has 0 radical (unpaired) electrons. The van der Waals surface area contributed by atoms with E-state index in [9.17, 15) is 30.8 Å². The summed E-state index contributed by atoms with van der Waals surface area (Å²) in [5, 5.41) is 3.67. The van der Waals surface area contributed by atoms with Crippen molar-refractivity contribution in [1.82, 2.24) is 34.6 Å². The van der Waals surface area contributed by atoms with Gasteiger partial charge in [0.25, 0.3) is 5.91 Å². The Morgan fingerprint density at radius 3 is 2.60 bits per heavy atom. The van der Waals surface area contributed by atoms with Crippen LogP contribution in [0.2, 0.25) is 0 Å². The lowest BCUT2D eigenvalue weighted by Gasteiger charge is -2.08. The van der Waals surface area contributed by atoms with E-state index in [2.05, 4.69) is 25.5 Å². The van der Waals surface area contributed by atoms with Gasteiger partial charge in [-0.2, -0.15) is 18.3 Å². The van der Waals surface area contributed by atoms with Crippen LogP contribution in [0.25, 0.3) is 28.1 Å². The van der Waals surface area contributed by atoms with Gasteiger partial charge in [-0.1, -0.05) is 25.1 Å². The van der Waals surface area contributed by atoms with Crippen LogP contribution in [0, 0.1) is 5.82 Å². The molecule has 0 spiro atoms. The standard InChI is InChI=1S/C24H19F4N7O4S/c1-3-40(37,38)23-19(21-31-15-10-18(24(26,27)28)30-11-17(15)34(21)2)20-29-9-8-16(35(20)32-23)22(36)33-39-12-13-6-4-5-7-14(13)25/h4-11H,3,12H2,1-2H3,(H,33,36). The number of imidazole rings is 1. The van der Waals surface area contributed by atoms with Gasteiger partial charge < -0.3 is 4.57 Å². The van der Waals surface area contributed by atoms with Gasteiger partial charge in [0, 0.05) is 18.8 Å². The van der Waals surface area contributed by atoms with Gasteiger partial charge in [0.2, 0.25) is 0 Å². The van der Waals surface area contributed by atoms with Crippen LogP contribution in [0.4, 0.5) is 17.6 Å². The minimum Gasteiger partial charge on any atom is -0.326 e. The lowest BCUT2D eigenvalue weighted by Crippen LogP contribution is -2.26. The maximum absolute atomic E-state index is 13.8. The van der Waals surface area contributed by atoms with Crippen LogP contribution >= 0.6 is 0 Å². The van der Waals surface area contributed by atoms with Crippen LogP contribution in [-0.4, -0.2) is 49.2 Å². The molecule has 1 amide bonds. The zero-order chi connectivity index (χ0) is 28.8. The molecule has 4 heterocycles. The number of aryl methyl sites for hydroxylation is 1. The van der Waals surface area contributed by atoms with Gasteiger partial charge in [0.05, 0.1) is 23.0 Å². The third-order valence-corrected chi connectivity index (χ3v) is 7.66. The average molecular weight is 578 g/mol. The van der Waals surface area contributed by atoms with Crippen LogP contribution in [-0.2, 0) is 34.5 Å². The molecule has 0 aliphatic heterocycles. The van der Waals surface area contributed by atoms with Crippen LogP contribution in [0.5, 0.6) is 0 Å². The molecule has 0 aliphatic carbocycles. The Hall–Kier alpha value is -4.44. The largest absolute Gasteiger partial charge is 0.433 e. The highest BCUT2D eigenvalue weighted by atomic mass is 32.2. The summed E-state index contributed by atoms with van der Waals surface area (Å²) in [5.41, 5.74) is 0.884. The molecule has 4 aromatic heterocycles. The number of hydrogen-bond acceptors (Lipinski definition) is 8. The number of benzene rings is 1. The average Bonchev–Trinajstić information content (AvgIpc) is 3.47. The lowest BCUT2D eigenvalue weighted by atomic mass is 10.2. The van der Waals surface area contributed by atoms with Crippen LogP contribution in [0.3, 0.4) is 0 Å². The van der Waals surface area contributed by atoms with Crippen molar-refractivity contribution >= 4 is 32.4 Å². The number of hydroxylamine groups is 1. The SMILES string of the molecule is CCS(=O)(=O)c1nn2c(C(=O)NOCc3ccccc3F)ccnc2c1-c1nc2cc(C(F)(F)F)ncc2n1C. The van der Waals surface area contributed by atoms with Crippen molar-refractivity contribution in [3.8, 4) is 11.4 Å². The number of nitrogens with zero attached hydrogens (tertiary/aromatic N) is 6. The monoisotopic (exact) mass is 577 g/mol. The molecule has 0 saturated carbocycles. The van der Waals surface area contributed by atoms with Crippen LogP contribution in [0.15, 0.2) is 53.8 Å². The van der Waals surface area contributed by atoms with E-state index in [0.29, 0.717) is 0 Å². The summed E-state index contributed by atoms with van der Waals surface area (Å²) >= 11 is 0. The summed E-state index contributed by atoms with van der Waals surface area (Å²) in [6.07, 6.45) is -2.51. The van der Waals surface area contributed by atoms with E-state index in [0.717, 1.165) is 16.8 Å². The highest BCUT2D eigenvalue weighted by Crippen LogP contribution is 2.34. The van der Waals surface area contributed by atoms with E-state index < -0.39 is 38.5 Å². The van der Waals surface area contributed by atoms with E-state index in [1.54, 1.807) is 6.07 Å². The molecule has 208 valence electrons. The second-order valence-electron chi connectivity index (χ2n) is 8.51. The molecule has 0 unspecified atom stereocenters. The zero-order valence-corrected chi connectivity index (χ0v) is 21.6. The Morgan fingerprint density at radius 2 is 1.90 bits per heavy atom. The molecule has 1 N–H and O–H groups in total. The number of aromatic nitrogens is 6. The van der Waals surface area contributed by atoms with Crippen molar-refractivity contribution in [3.63, 3.8) is 0 Å². The van der Waals surface area contributed by atoms with Crippen molar-refractivity contribution < 1.29 is 35.6 Å². The van der Waals surface area contributed by atoms with E-state index in [4.69, 9.17) is 4.84 Å². The smallest absolute Gasteiger partial charge is 0.326 e. The van der Waals surface area contributed by atoms with Crippen LogP contribution in [0.1, 0.15) is 28.7 Å². The number of sulfone groups is 1. The maximum Gasteiger partial charge on any atom is 0.433 e. The first-order valence-electron chi connectivity index (χ1n) is 11.6.